The minimum absolute atomic E-state index is 0. The van der Waals surface area contributed by atoms with Gasteiger partial charge in [0.05, 0.1) is 0 Å². The van der Waals surface area contributed by atoms with Crippen LogP contribution in [-0.4, -0.2) is 12.0 Å². The van der Waals surface area contributed by atoms with Crippen LogP contribution in [0.15, 0.2) is 84.9 Å². The van der Waals surface area contributed by atoms with Gasteiger partial charge in [-0.2, -0.15) is 0 Å². The molecule has 0 saturated heterocycles. The standard InChI is InChI=1S/C31H29OSi.C2H4.2ClH.Zr/c1-20(32-33(2,3)4)22-17-18-26-23-12-6-5-11-21(23)19-29(26)30(22)31-27-15-9-7-13-24(27)25-14-8-10-16-28(25)31;1-2;;;/h5-18,20H,19H2,1-4H3;1H,2H3;2*1H;/q;;;;+2/p-2. The van der Waals surface area contributed by atoms with Crippen LogP contribution in [0.1, 0.15) is 53.3 Å². The van der Waals surface area contributed by atoms with E-state index < -0.39 is 31.1 Å². The summed E-state index contributed by atoms with van der Waals surface area (Å²) >= 11 is -1.06. The largest absolute Gasteiger partial charge is 1.00 e. The van der Waals surface area contributed by atoms with Crippen molar-refractivity contribution in [1.82, 2.24) is 0 Å². The zero-order chi connectivity index (χ0) is 25.1. The Labute approximate surface area is 252 Å². The first-order valence-corrected chi connectivity index (χ1v) is 19.1. The number of fused-ring (bicyclic) bond motifs is 6. The Morgan fingerprint density at radius 2 is 1.32 bits per heavy atom. The van der Waals surface area contributed by atoms with Crippen molar-refractivity contribution in [3.05, 3.63) is 118 Å². The van der Waals surface area contributed by atoms with Crippen LogP contribution < -0.4 is 24.8 Å². The smallest absolute Gasteiger partial charge is 1.00 e. The Balaban J connectivity index is 0.00000168. The maximum absolute atomic E-state index is 6.81. The van der Waals surface area contributed by atoms with Gasteiger partial charge in [-0.25, -0.2) is 0 Å². The Morgan fingerprint density at radius 1 is 0.763 bits per heavy atom. The molecule has 4 aromatic rings. The SMILES string of the molecule is C[CH]=[Zr+2][C]1(c2c(C(C)O[Si](C)(C)C)ccc3c2Cc2ccccc2-3)c2ccccc2-c2ccccc21.[Cl-].[Cl-]. The van der Waals surface area contributed by atoms with Gasteiger partial charge in [0.25, 0.3) is 0 Å². The van der Waals surface area contributed by atoms with Crippen molar-refractivity contribution < 1.29 is 52.0 Å². The van der Waals surface area contributed by atoms with Gasteiger partial charge in [-0.3, -0.25) is 0 Å². The first kappa shape index (κ1) is 29.4. The molecule has 0 amide bonds. The van der Waals surface area contributed by atoms with Gasteiger partial charge >= 0.3 is 229 Å². The van der Waals surface area contributed by atoms with Crippen LogP contribution in [0.4, 0.5) is 0 Å². The Hall–Kier alpha value is -1.61. The fourth-order valence-electron chi connectivity index (χ4n) is 6.55. The zero-order valence-electron chi connectivity index (χ0n) is 22.6. The second-order valence-electron chi connectivity index (χ2n) is 11.0. The normalized spacial score (nSPS) is 14.9. The summed E-state index contributed by atoms with van der Waals surface area (Å²) in [5, 5.41) is 0. The van der Waals surface area contributed by atoms with Gasteiger partial charge in [-0.05, 0) is 0 Å². The monoisotopic (exact) mass is 633 g/mol. The maximum Gasteiger partial charge on any atom is -1.00 e. The average Bonchev–Trinajstić information content (AvgIpc) is 3.37. The van der Waals surface area contributed by atoms with Crippen molar-refractivity contribution in [2.45, 2.75) is 49.1 Å². The van der Waals surface area contributed by atoms with Gasteiger partial charge in [0.2, 0.25) is 0 Å². The van der Waals surface area contributed by atoms with E-state index in [1.54, 1.807) is 5.56 Å². The van der Waals surface area contributed by atoms with Crippen molar-refractivity contribution >= 4 is 12.0 Å². The number of benzene rings is 4. The Kier molecular flexibility index (Phi) is 8.58. The quantitative estimate of drug-likeness (QED) is 0.270. The molecule has 193 valence electrons. The minimum Gasteiger partial charge on any atom is -1.00 e. The Morgan fingerprint density at radius 3 is 1.89 bits per heavy atom. The van der Waals surface area contributed by atoms with Gasteiger partial charge in [0, 0.05) is 0 Å². The molecule has 1 unspecified atom stereocenters. The van der Waals surface area contributed by atoms with E-state index in [1.165, 1.54) is 50.1 Å². The number of rotatable bonds is 5. The zero-order valence-corrected chi connectivity index (χ0v) is 27.6. The molecular formula is C33H33Cl2OSiZr. The van der Waals surface area contributed by atoms with E-state index >= 15 is 0 Å². The molecule has 0 saturated carbocycles. The van der Waals surface area contributed by atoms with Crippen molar-refractivity contribution in [1.29, 1.82) is 0 Å². The molecule has 0 N–H and O–H groups in total. The fraction of sp³-hybridized carbons (Fsp3) is 0.242. The third kappa shape index (κ3) is 4.59. The van der Waals surface area contributed by atoms with E-state index in [0.717, 1.165) is 6.42 Å². The molecule has 0 bridgehead atoms. The van der Waals surface area contributed by atoms with E-state index in [-0.39, 0.29) is 34.0 Å². The summed E-state index contributed by atoms with van der Waals surface area (Å²) in [6.07, 6.45) is 1.07. The molecule has 0 heterocycles. The molecule has 1 atom stereocenters. The molecule has 0 fully saturated rings. The molecule has 38 heavy (non-hydrogen) atoms. The first-order chi connectivity index (χ1) is 17.3. The second-order valence-corrected chi connectivity index (χ2v) is 19.5. The van der Waals surface area contributed by atoms with Crippen LogP contribution in [0.5, 0.6) is 0 Å². The van der Waals surface area contributed by atoms with Crippen LogP contribution in [0.3, 0.4) is 0 Å². The maximum atomic E-state index is 6.81. The van der Waals surface area contributed by atoms with Crippen LogP contribution in [0.25, 0.3) is 22.3 Å². The van der Waals surface area contributed by atoms with Gasteiger partial charge in [0.1, 0.15) is 0 Å². The van der Waals surface area contributed by atoms with E-state index in [0.29, 0.717) is 0 Å². The van der Waals surface area contributed by atoms with Crippen molar-refractivity contribution in [3.8, 4) is 22.3 Å². The summed E-state index contributed by atoms with van der Waals surface area (Å²) in [4.78, 5) is 0. The predicted molar refractivity (Wildman–Crippen MR) is 151 cm³/mol. The minimum atomic E-state index is -1.73. The van der Waals surface area contributed by atoms with Crippen LogP contribution >= 0.6 is 0 Å². The molecule has 2 aliphatic carbocycles. The van der Waals surface area contributed by atoms with Crippen molar-refractivity contribution in [2.24, 2.45) is 0 Å². The van der Waals surface area contributed by atoms with Crippen LogP contribution in [0, 0.1) is 0 Å². The van der Waals surface area contributed by atoms with E-state index in [4.69, 9.17) is 4.43 Å². The van der Waals surface area contributed by atoms with Gasteiger partial charge in [-0.1, -0.05) is 0 Å². The van der Waals surface area contributed by atoms with Crippen molar-refractivity contribution in [3.63, 3.8) is 0 Å². The summed E-state index contributed by atoms with van der Waals surface area (Å²) < 4.78 is 9.28. The predicted octanol–water partition coefficient (Wildman–Crippen LogP) is 2.36. The number of halogens is 2. The summed E-state index contributed by atoms with van der Waals surface area (Å²) in [6.45, 7) is 11.5. The molecule has 0 aliphatic heterocycles. The first-order valence-electron chi connectivity index (χ1n) is 13.0. The second kappa shape index (κ2) is 11.1. The Bertz CT molecular complexity index is 1480. The molecule has 1 nitrogen and oxygen atoms in total. The molecule has 5 heteroatoms. The molecule has 0 radical (unpaired) electrons. The van der Waals surface area contributed by atoms with Crippen molar-refractivity contribution in [2.75, 3.05) is 0 Å². The third-order valence-corrected chi connectivity index (χ3v) is 12.4. The summed E-state index contributed by atoms with van der Waals surface area (Å²) in [5.74, 6) is 0. The molecule has 0 aromatic heterocycles. The van der Waals surface area contributed by atoms with E-state index in [2.05, 4.69) is 122 Å². The summed E-state index contributed by atoms with van der Waals surface area (Å²) in [6, 6.07) is 32.2. The third-order valence-electron chi connectivity index (χ3n) is 7.68. The van der Waals surface area contributed by atoms with E-state index in [9.17, 15) is 0 Å². The number of hydrogen-bond donors (Lipinski definition) is 0. The average molecular weight is 636 g/mol. The molecule has 0 spiro atoms. The fourth-order valence-corrected chi connectivity index (χ4v) is 11.7. The number of hydrogen-bond acceptors (Lipinski definition) is 1. The molecule has 2 aliphatic rings. The summed E-state index contributed by atoms with van der Waals surface area (Å²) in [7, 11) is -1.73. The summed E-state index contributed by atoms with van der Waals surface area (Å²) in [5.41, 5.74) is 14.5. The van der Waals surface area contributed by atoms with Crippen LogP contribution in [-0.2, 0) is 36.7 Å². The molecular weight excluding hydrogens is 603 g/mol. The van der Waals surface area contributed by atoms with Crippen LogP contribution in [0.2, 0.25) is 19.6 Å². The molecule has 4 aromatic carbocycles. The molecule has 6 rings (SSSR count). The van der Waals surface area contributed by atoms with Gasteiger partial charge in [-0.15, -0.1) is 0 Å². The van der Waals surface area contributed by atoms with Gasteiger partial charge < -0.3 is 24.8 Å². The van der Waals surface area contributed by atoms with Gasteiger partial charge in [0.15, 0.2) is 0 Å². The van der Waals surface area contributed by atoms with E-state index in [1.807, 2.05) is 0 Å². The topological polar surface area (TPSA) is 9.23 Å².